The SMILES string of the molecule is COc1ccc(COc2ccc3ncn(-c4cc(O[C@H](C)c5ccccc5Cl)c(C(=O)O)s4)c3c2)cc1. The van der Waals surface area contributed by atoms with Gasteiger partial charge in [0.05, 0.1) is 18.1 Å². The van der Waals surface area contributed by atoms with Crippen molar-refractivity contribution in [1.29, 1.82) is 0 Å². The van der Waals surface area contributed by atoms with Gasteiger partial charge in [-0.1, -0.05) is 41.9 Å². The predicted octanol–water partition coefficient (Wildman–Crippen LogP) is 7.17. The van der Waals surface area contributed by atoms with Crippen LogP contribution in [-0.2, 0) is 6.61 Å². The lowest BCUT2D eigenvalue weighted by Crippen LogP contribution is -2.06. The Labute approximate surface area is 222 Å². The second kappa shape index (κ2) is 10.5. The average molecular weight is 535 g/mol. The van der Waals surface area contributed by atoms with Gasteiger partial charge in [-0.25, -0.2) is 9.78 Å². The largest absolute Gasteiger partial charge is 0.497 e. The van der Waals surface area contributed by atoms with Crippen molar-refractivity contribution in [2.75, 3.05) is 7.11 Å². The van der Waals surface area contributed by atoms with E-state index in [9.17, 15) is 9.90 Å². The highest BCUT2D eigenvalue weighted by Gasteiger charge is 2.22. The minimum atomic E-state index is -1.06. The maximum atomic E-state index is 12.0. The molecular formula is C28H23ClN2O5S. The molecule has 0 spiro atoms. The zero-order chi connectivity index (χ0) is 25.9. The normalized spacial score (nSPS) is 11.9. The number of benzene rings is 3. The van der Waals surface area contributed by atoms with E-state index < -0.39 is 12.1 Å². The zero-order valence-corrected chi connectivity index (χ0v) is 21.6. The maximum absolute atomic E-state index is 12.0. The number of rotatable bonds is 9. The van der Waals surface area contributed by atoms with Crippen molar-refractivity contribution >= 4 is 39.9 Å². The third-order valence-electron chi connectivity index (χ3n) is 5.85. The molecule has 0 aliphatic heterocycles. The molecule has 0 radical (unpaired) electrons. The van der Waals surface area contributed by atoms with E-state index in [0.29, 0.717) is 22.4 Å². The number of carboxylic acids is 1. The third kappa shape index (κ3) is 5.26. The van der Waals surface area contributed by atoms with Crippen LogP contribution >= 0.6 is 22.9 Å². The van der Waals surface area contributed by atoms with Crippen LogP contribution in [0.3, 0.4) is 0 Å². The summed E-state index contributed by atoms with van der Waals surface area (Å²) in [6.45, 7) is 2.23. The fraction of sp³-hybridized carbons (Fsp3) is 0.143. The summed E-state index contributed by atoms with van der Waals surface area (Å²) >= 11 is 7.42. The van der Waals surface area contributed by atoms with Crippen LogP contribution in [0.5, 0.6) is 17.2 Å². The van der Waals surface area contributed by atoms with E-state index in [2.05, 4.69) is 4.98 Å². The summed E-state index contributed by atoms with van der Waals surface area (Å²) in [5, 5.41) is 11.1. The van der Waals surface area contributed by atoms with E-state index in [-0.39, 0.29) is 10.6 Å². The summed E-state index contributed by atoms with van der Waals surface area (Å²) in [6, 6.07) is 22.4. The number of carbonyl (C=O) groups is 1. The number of imidazole rings is 1. The Kier molecular flexibility index (Phi) is 7.03. The number of ether oxygens (including phenoxy) is 3. The maximum Gasteiger partial charge on any atom is 0.349 e. The molecule has 0 fully saturated rings. The van der Waals surface area contributed by atoms with Gasteiger partial charge in [-0.15, -0.1) is 11.3 Å². The Bertz CT molecular complexity index is 1560. The molecule has 0 saturated carbocycles. The van der Waals surface area contributed by atoms with Crippen LogP contribution in [0.1, 0.15) is 33.8 Å². The van der Waals surface area contributed by atoms with Crippen molar-refractivity contribution in [2.24, 2.45) is 0 Å². The van der Waals surface area contributed by atoms with Crippen molar-refractivity contribution < 1.29 is 24.1 Å². The predicted molar refractivity (Wildman–Crippen MR) is 144 cm³/mol. The first-order chi connectivity index (χ1) is 17.9. The molecule has 0 aliphatic rings. The van der Waals surface area contributed by atoms with Gasteiger partial charge in [0, 0.05) is 22.7 Å². The first-order valence-electron chi connectivity index (χ1n) is 11.4. The van der Waals surface area contributed by atoms with E-state index >= 15 is 0 Å². The molecule has 5 rings (SSSR count). The lowest BCUT2D eigenvalue weighted by molar-refractivity contribution is 0.0696. The van der Waals surface area contributed by atoms with Gasteiger partial charge < -0.3 is 19.3 Å². The van der Waals surface area contributed by atoms with Crippen LogP contribution in [0, 0.1) is 0 Å². The van der Waals surface area contributed by atoms with E-state index in [1.807, 2.05) is 72.2 Å². The van der Waals surface area contributed by atoms with E-state index in [4.69, 9.17) is 25.8 Å². The molecule has 5 aromatic rings. The number of hydrogen-bond acceptors (Lipinski definition) is 6. The zero-order valence-electron chi connectivity index (χ0n) is 20.1. The van der Waals surface area contributed by atoms with Gasteiger partial charge in [-0.05, 0) is 42.8 Å². The molecule has 0 amide bonds. The lowest BCUT2D eigenvalue weighted by Gasteiger charge is -2.15. The van der Waals surface area contributed by atoms with Gasteiger partial charge in [-0.3, -0.25) is 4.57 Å². The van der Waals surface area contributed by atoms with Crippen LogP contribution in [0.25, 0.3) is 16.0 Å². The molecule has 9 heteroatoms. The highest BCUT2D eigenvalue weighted by molar-refractivity contribution is 7.16. The number of aromatic nitrogens is 2. The number of aromatic carboxylic acids is 1. The molecular weight excluding hydrogens is 512 g/mol. The summed E-state index contributed by atoms with van der Waals surface area (Å²) in [5.74, 6) is 0.665. The average Bonchev–Trinajstić information content (AvgIpc) is 3.52. The fourth-order valence-corrected chi connectivity index (χ4v) is 5.12. The number of carboxylic acid groups (broad SMARTS) is 1. The Hall–Kier alpha value is -4.01. The molecule has 3 aromatic carbocycles. The number of methoxy groups -OCH3 is 1. The van der Waals surface area contributed by atoms with Crippen LogP contribution in [0.15, 0.2) is 79.1 Å². The van der Waals surface area contributed by atoms with Crippen LogP contribution in [-0.4, -0.2) is 27.7 Å². The molecule has 2 aromatic heterocycles. The molecule has 0 unspecified atom stereocenters. The topological polar surface area (TPSA) is 82.8 Å². The molecule has 0 bridgehead atoms. The third-order valence-corrected chi connectivity index (χ3v) is 7.29. The molecule has 1 N–H and O–H groups in total. The highest BCUT2D eigenvalue weighted by Crippen LogP contribution is 2.37. The van der Waals surface area contributed by atoms with Gasteiger partial charge in [-0.2, -0.15) is 0 Å². The first-order valence-corrected chi connectivity index (χ1v) is 12.6. The summed E-state index contributed by atoms with van der Waals surface area (Å²) < 4.78 is 19.1. The van der Waals surface area contributed by atoms with Gasteiger partial charge in [0.25, 0.3) is 0 Å². The van der Waals surface area contributed by atoms with E-state index in [0.717, 1.165) is 39.2 Å². The number of nitrogens with zero attached hydrogens (tertiary/aromatic N) is 2. The van der Waals surface area contributed by atoms with Crippen molar-refractivity contribution in [3.63, 3.8) is 0 Å². The second-order valence-corrected chi connectivity index (χ2v) is 9.70. The van der Waals surface area contributed by atoms with Crippen molar-refractivity contribution in [3.8, 4) is 22.2 Å². The molecule has 7 nitrogen and oxygen atoms in total. The van der Waals surface area contributed by atoms with E-state index in [1.165, 1.54) is 0 Å². The quantitative estimate of drug-likeness (QED) is 0.216. The van der Waals surface area contributed by atoms with Crippen molar-refractivity contribution in [3.05, 3.63) is 100 Å². The number of hydrogen-bond donors (Lipinski definition) is 1. The smallest absolute Gasteiger partial charge is 0.349 e. The summed E-state index contributed by atoms with van der Waals surface area (Å²) in [6.07, 6.45) is 1.23. The van der Waals surface area contributed by atoms with Crippen LogP contribution in [0.4, 0.5) is 0 Å². The van der Waals surface area contributed by atoms with Crippen molar-refractivity contribution in [2.45, 2.75) is 19.6 Å². The van der Waals surface area contributed by atoms with Crippen LogP contribution < -0.4 is 14.2 Å². The number of fused-ring (bicyclic) bond motifs is 1. The van der Waals surface area contributed by atoms with Gasteiger partial charge in [0.1, 0.15) is 41.3 Å². The second-order valence-electron chi connectivity index (χ2n) is 8.27. The Morgan fingerprint density at radius 3 is 2.57 bits per heavy atom. The standard InChI is InChI=1S/C28H23ClN2O5S/c1-17(21-5-3-4-6-22(21)29)36-25-14-26(37-27(25)28(32)33)31-16-30-23-12-11-20(13-24(23)31)35-15-18-7-9-19(34-2)10-8-18/h3-14,16-17H,15H2,1-2H3,(H,32,33)/t17-/m1/s1. The molecule has 1 atom stereocenters. The first kappa shape index (κ1) is 24.7. The Morgan fingerprint density at radius 1 is 1.08 bits per heavy atom. The molecule has 0 saturated heterocycles. The van der Waals surface area contributed by atoms with Gasteiger partial charge >= 0.3 is 5.97 Å². The molecule has 0 aliphatic carbocycles. The Morgan fingerprint density at radius 2 is 1.84 bits per heavy atom. The van der Waals surface area contributed by atoms with Crippen molar-refractivity contribution in [1.82, 2.24) is 9.55 Å². The monoisotopic (exact) mass is 534 g/mol. The van der Waals surface area contributed by atoms with Gasteiger partial charge in [0.2, 0.25) is 0 Å². The molecule has 37 heavy (non-hydrogen) atoms. The summed E-state index contributed by atoms with van der Waals surface area (Å²) in [5.41, 5.74) is 3.33. The number of thiophene rings is 1. The minimum Gasteiger partial charge on any atom is -0.497 e. The lowest BCUT2D eigenvalue weighted by atomic mass is 10.1. The highest BCUT2D eigenvalue weighted by atomic mass is 35.5. The molecule has 2 heterocycles. The van der Waals surface area contributed by atoms with E-state index in [1.54, 1.807) is 25.6 Å². The fourth-order valence-electron chi connectivity index (χ4n) is 3.92. The van der Waals surface area contributed by atoms with Gasteiger partial charge in [0.15, 0.2) is 4.88 Å². The minimum absolute atomic E-state index is 0.0997. The van der Waals surface area contributed by atoms with Crippen LogP contribution in [0.2, 0.25) is 5.02 Å². The Balaban J connectivity index is 1.42. The molecule has 188 valence electrons. The summed E-state index contributed by atoms with van der Waals surface area (Å²) in [7, 11) is 1.63. The number of halogens is 1. The summed E-state index contributed by atoms with van der Waals surface area (Å²) in [4.78, 5) is 16.6.